The molecule has 0 saturated heterocycles. The van der Waals surface area contributed by atoms with Gasteiger partial charge in [0.2, 0.25) is 0 Å². The zero-order valence-electron chi connectivity index (χ0n) is 7.50. The Balaban J connectivity index is 4.05. The molecule has 4 heteroatoms. The SMILES string of the molecule is COC(=O)C#CC(O)C/C(C)=C\I. The molecule has 0 aliphatic carbocycles. The minimum absolute atomic E-state index is 0.451. The number of carbonyl (C=O) groups is 1. The van der Waals surface area contributed by atoms with Crippen molar-refractivity contribution in [1.29, 1.82) is 0 Å². The highest BCUT2D eigenvalue weighted by molar-refractivity contribution is 14.1. The van der Waals surface area contributed by atoms with Crippen LogP contribution in [0.2, 0.25) is 0 Å². The van der Waals surface area contributed by atoms with Gasteiger partial charge in [-0.25, -0.2) is 4.79 Å². The lowest BCUT2D eigenvalue weighted by Gasteiger charge is -2.01. The van der Waals surface area contributed by atoms with E-state index in [0.717, 1.165) is 5.57 Å². The molecule has 1 N–H and O–H groups in total. The molecule has 0 amide bonds. The van der Waals surface area contributed by atoms with Crippen molar-refractivity contribution in [3.8, 4) is 11.8 Å². The zero-order valence-corrected chi connectivity index (χ0v) is 9.66. The zero-order chi connectivity index (χ0) is 10.3. The molecular formula is C9H11IO3. The normalized spacial score (nSPS) is 12.8. The molecule has 0 spiro atoms. The summed E-state index contributed by atoms with van der Waals surface area (Å²) < 4.78 is 6.15. The van der Waals surface area contributed by atoms with Crippen molar-refractivity contribution in [2.45, 2.75) is 19.4 Å². The van der Waals surface area contributed by atoms with Crippen molar-refractivity contribution >= 4 is 28.6 Å². The average Bonchev–Trinajstić information content (AvgIpc) is 2.13. The van der Waals surface area contributed by atoms with E-state index in [9.17, 15) is 9.90 Å². The summed E-state index contributed by atoms with van der Waals surface area (Å²) in [7, 11) is 1.25. The molecule has 0 heterocycles. The summed E-state index contributed by atoms with van der Waals surface area (Å²) in [5.74, 6) is 3.93. The smallest absolute Gasteiger partial charge is 0.384 e. The lowest BCUT2D eigenvalue weighted by atomic mass is 10.1. The third-order valence-electron chi connectivity index (χ3n) is 1.23. The van der Waals surface area contributed by atoms with Gasteiger partial charge in [0.05, 0.1) is 7.11 Å². The predicted octanol–water partition coefficient (Wildman–Crippen LogP) is 1.25. The lowest BCUT2D eigenvalue weighted by Crippen LogP contribution is -2.05. The topological polar surface area (TPSA) is 46.5 Å². The molecule has 72 valence electrons. The van der Waals surface area contributed by atoms with Gasteiger partial charge in [-0.05, 0) is 11.0 Å². The maximum Gasteiger partial charge on any atom is 0.384 e. The molecule has 0 aromatic rings. The van der Waals surface area contributed by atoms with E-state index in [1.807, 2.05) is 11.0 Å². The Kier molecular flexibility index (Phi) is 6.63. The van der Waals surface area contributed by atoms with E-state index in [1.165, 1.54) is 7.11 Å². The van der Waals surface area contributed by atoms with Crippen molar-refractivity contribution < 1.29 is 14.6 Å². The van der Waals surface area contributed by atoms with Crippen LogP contribution in [0.1, 0.15) is 13.3 Å². The highest BCUT2D eigenvalue weighted by Crippen LogP contribution is 2.06. The first-order valence-electron chi connectivity index (χ1n) is 3.63. The van der Waals surface area contributed by atoms with Gasteiger partial charge in [-0.15, -0.1) is 0 Å². The summed E-state index contributed by atoms with van der Waals surface area (Å²) in [5, 5.41) is 9.27. The molecule has 3 nitrogen and oxygen atoms in total. The molecule has 1 unspecified atom stereocenters. The number of ether oxygens (including phenoxy) is 1. The fourth-order valence-electron chi connectivity index (χ4n) is 0.594. The lowest BCUT2D eigenvalue weighted by molar-refractivity contribution is -0.133. The second-order valence-corrected chi connectivity index (χ2v) is 3.06. The summed E-state index contributed by atoms with van der Waals surface area (Å²) in [5.41, 5.74) is 1.02. The fourth-order valence-corrected chi connectivity index (χ4v) is 0.848. The van der Waals surface area contributed by atoms with E-state index in [2.05, 4.69) is 39.2 Å². The largest absolute Gasteiger partial charge is 0.459 e. The van der Waals surface area contributed by atoms with Gasteiger partial charge in [0.25, 0.3) is 0 Å². The molecule has 0 radical (unpaired) electrons. The standard InChI is InChI=1S/C9H11IO3/c1-7(6-10)5-8(11)3-4-9(12)13-2/h6,8,11H,5H2,1-2H3/b7-6-. The summed E-state index contributed by atoms with van der Waals surface area (Å²) in [6.45, 7) is 1.88. The van der Waals surface area contributed by atoms with Crippen LogP contribution in [-0.2, 0) is 9.53 Å². The number of hydrogen-bond donors (Lipinski definition) is 1. The number of rotatable bonds is 2. The van der Waals surface area contributed by atoms with E-state index in [-0.39, 0.29) is 0 Å². The number of esters is 1. The number of aliphatic hydroxyl groups is 1. The minimum atomic E-state index is -0.801. The number of methoxy groups -OCH3 is 1. The Hall–Kier alpha value is -0.540. The van der Waals surface area contributed by atoms with Gasteiger partial charge < -0.3 is 9.84 Å². The Bertz CT molecular complexity index is 260. The number of halogens is 1. The van der Waals surface area contributed by atoms with Gasteiger partial charge in [0.1, 0.15) is 6.10 Å². The van der Waals surface area contributed by atoms with Crippen LogP contribution in [0.25, 0.3) is 0 Å². The van der Waals surface area contributed by atoms with Gasteiger partial charge >= 0.3 is 5.97 Å². The molecule has 0 fully saturated rings. The van der Waals surface area contributed by atoms with Crippen LogP contribution >= 0.6 is 22.6 Å². The van der Waals surface area contributed by atoms with E-state index in [4.69, 9.17) is 0 Å². The van der Waals surface area contributed by atoms with Crippen LogP contribution in [0.5, 0.6) is 0 Å². The molecule has 0 rings (SSSR count). The maximum absolute atomic E-state index is 10.5. The Morgan fingerprint density at radius 2 is 2.38 bits per heavy atom. The average molecular weight is 294 g/mol. The van der Waals surface area contributed by atoms with Gasteiger partial charge in [0, 0.05) is 12.3 Å². The van der Waals surface area contributed by atoms with Gasteiger partial charge in [0.15, 0.2) is 0 Å². The van der Waals surface area contributed by atoms with Crippen LogP contribution in [0.15, 0.2) is 9.66 Å². The molecule has 0 aromatic carbocycles. The summed E-state index contributed by atoms with van der Waals surface area (Å²) in [6.07, 6.45) is -0.349. The number of aliphatic hydroxyl groups excluding tert-OH is 1. The van der Waals surface area contributed by atoms with Crippen LogP contribution in [0.4, 0.5) is 0 Å². The first-order chi connectivity index (χ1) is 6.10. The fraction of sp³-hybridized carbons (Fsp3) is 0.444. The van der Waals surface area contributed by atoms with Crippen LogP contribution in [0.3, 0.4) is 0 Å². The summed E-state index contributed by atoms with van der Waals surface area (Å²) >= 11 is 2.08. The second-order valence-electron chi connectivity index (χ2n) is 2.44. The van der Waals surface area contributed by atoms with Gasteiger partial charge in [-0.3, -0.25) is 0 Å². The van der Waals surface area contributed by atoms with Crippen LogP contribution < -0.4 is 0 Å². The second kappa shape index (κ2) is 6.92. The highest BCUT2D eigenvalue weighted by Gasteiger charge is 2.00. The van der Waals surface area contributed by atoms with E-state index in [0.29, 0.717) is 6.42 Å². The van der Waals surface area contributed by atoms with Crippen molar-refractivity contribution in [2.75, 3.05) is 7.11 Å². The van der Waals surface area contributed by atoms with E-state index < -0.39 is 12.1 Å². The molecule has 0 saturated carbocycles. The van der Waals surface area contributed by atoms with Crippen molar-refractivity contribution in [1.82, 2.24) is 0 Å². The Morgan fingerprint density at radius 3 is 2.85 bits per heavy atom. The molecule has 0 aliphatic rings. The van der Waals surface area contributed by atoms with E-state index in [1.54, 1.807) is 0 Å². The Labute approximate surface area is 91.3 Å². The third-order valence-corrected chi connectivity index (χ3v) is 2.29. The first kappa shape index (κ1) is 12.5. The van der Waals surface area contributed by atoms with Crippen molar-refractivity contribution in [3.05, 3.63) is 9.66 Å². The maximum atomic E-state index is 10.5. The molecule has 13 heavy (non-hydrogen) atoms. The predicted molar refractivity (Wildman–Crippen MR) is 58.2 cm³/mol. The minimum Gasteiger partial charge on any atom is -0.459 e. The van der Waals surface area contributed by atoms with Crippen LogP contribution in [0, 0.1) is 11.8 Å². The quantitative estimate of drug-likeness (QED) is 0.361. The van der Waals surface area contributed by atoms with Gasteiger partial charge in [-0.2, -0.15) is 0 Å². The van der Waals surface area contributed by atoms with Crippen LogP contribution in [-0.4, -0.2) is 24.3 Å². The molecule has 0 bridgehead atoms. The van der Waals surface area contributed by atoms with Crippen molar-refractivity contribution in [3.63, 3.8) is 0 Å². The molecule has 0 aliphatic heterocycles. The first-order valence-corrected chi connectivity index (χ1v) is 4.88. The Morgan fingerprint density at radius 1 is 1.77 bits per heavy atom. The monoisotopic (exact) mass is 294 g/mol. The van der Waals surface area contributed by atoms with E-state index >= 15 is 0 Å². The van der Waals surface area contributed by atoms with Gasteiger partial charge in [-0.1, -0.05) is 34.1 Å². The number of hydrogen-bond acceptors (Lipinski definition) is 3. The molecule has 0 aromatic heterocycles. The number of carbonyl (C=O) groups excluding carboxylic acids is 1. The summed E-state index contributed by atoms with van der Waals surface area (Å²) in [6, 6.07) is 0. The molecular weight excluding hydrogens is 283 g/mol. The third kappa shape index (κ3) is 6.61. The summed E-state index contributed by atoms with van der Waals surface area (Å²) in [4.78, 5) is 10.5. The molecule has 1 atom stereocenters. The van der Waals surface area contributed by atoms with Crippen molar-refractivity contribution in [2.24, 2.45) is 0 Å². The highest BCUT2D eigenvalue weighted by atomic mass is 127.